The molecule has 0 atom stereocenters. The number of carbonyl (C=O) groups is 1. The zero-order valence-corrected chi connectivity index (χ0v) is 7.18. The Balaban J connectivity index is 0. The van der Waals surface area contributed by atoms with E-state index in [1.165, 1.54) is 0 Å². The number of hydrogen-bond acceptors (Lipinski definition) is 1. The fraction of sp³-hybridized carbons (Fsp3) is 0.500. The van der Waals surface area contributed by atoms with Gasteiger partial charge in [-0.1, -0.05) is 0 Å². The SMILES string of the molecule is O=C(O)CF.[Cd]. The van der Waals surface area contributed by atoms with Crippen LogP contribution in [-0.4, -0.2) is 17.8 Å². The van der Waals surface area contributed by atoms with Crippen molar-refractivity contribution in [2.24, 2.45) is 0 Å². The van der Waals surface area contributed by atoms with E-state index in [0.29, 0.717) is 0 Å². The van der Waals surface area contributed by atoms with Gasteiger partial charge in [-0.15, -0.1) is 0 Å². The van der Waals surface area contributed by atoms with E-state index in [4.69, 9.17) is 9.90 Å². The standard InChI is InChI=1S/C2H3FO2.Cd/c3-1-2(4)5;/h1H2,(H,4,5);. The van der Waals surface area contributed by atoms with Crippen molar-refractivity contribution in [3.63, 3.8) is 0 Å². The molecule has 0 aliphatic carbocycles. The zero-order valence-electron chi connectivity index (χ0n) is 3.15. The first-order chi connectivity index (χ1) is 2.27. The average molecular weight is 190 g/mol. The van der Waals surface area contributed by atoms with E-state index in [0.717, 1.165) is 0 Å². The van der Waals surface area contributed by atoms with Crippen molar-refractivity contribution in [3.8, 4) is 0 Å². The third kappa shape index (κ3) is 8.85. The molecule has 4 heteroatoms. The Kier molecular flexibility index (Phi) is 8.50. The van der Waals surface area contributed by atoms with Crippen molar-refractivity contribution in [2.75, 3.05) is 6.67 Å². The summed E-state index contributed by atoms with van der Waals surface area (Å²) in [6.45, 7) is -1.28. The quantitative estimate of drug-likeness (QED) is 0.593. The molecule has 0 spiro atoms. The molecule has 0 aromatic rings. The number of carboxylic acids is 1. The van der Waals surface area contributed by atoms with Gasteiger partial charge in [0.2, 0.25) is 0 Å². The van der Waals surface area contributed by atoms with Crippen LogP contribution in [0.3, 0.4) is 0 Å². The monoisotopic (exact) mass is 192 g/mol. The first-order valence-corrected chi connectivity index (χ1v) is 1.05. The fourth-order valence-electron chi connectivity index (χ4n) is 0. The van der Waals surface area contributed by atoms with Crippen molar-refractivity contribution < 1.29 is 41.6 Å². The number of halogens is 1. The molecule has 0 unspecified atom stereocenters. The van der Waals surface area contributed by atoms with Gasteiger partial charge in [-0.05, 0) is 0 Å². The normalized spacial score (nSPS) is 6.17. The van der Waals surface area contributed by atoms with Crippen LogP contribution in [0.1, 0.15) is 0 Å². The minimum absolute atomic E-state index is 0. The molecule has 0 aliphatic rings. The van der Waals surface area contributed by atoms with Gasteiger partial charge in [0.05, 0.1) is 0 Å². The van der Waals surface area contributed by atoms with Gasteiger partial charge in [-0.25, -0.2) is 9.18 Å². The van der Waals surface area contributed by atoms with Crippen molar-refractivity contribution in [2.45, 2.75) is 0 Å². The van der Waals surface area contributed by atoms with Crippen LogP contribution in [-0.2, 0) is 32.1 Å². The second-order valence-corrected chi connectivity index (χ2v) is 0.527. The zero-order chi connectivity index (χ0) is 4.28. The van der Waals surface area contributed by atoms with Crippen molar-refractivity contribution >= 4 is 5.97 Å². The van der Waals surface area contributed by atoms with E-state index < -0.39 is 12.6 Å². The second kappa shape index (κ2) is 5.32. The fourth-order valence-corrected chi connectivity index (χ4v) is 0. The predicted molar refractivity (Wildman–Crippen MR) is 13.6 cm³/mol. The molecule has 0 rings (SSSR count). The van der Waals surface area contributed by atoms with E-state index >= 15 is 0 Å². The van der Waals surface area contributed by atoms with E-state index in [1.807, 2.05) is 0 Å². The van der Waals surface area contributed by atoms with Crippen LogP contribution in [0, 0.1) is 0 Å². The van der Waals surface area contributed by atoms with Crippen LogP contribution >= 0.6 is 0 Å². The minimum Gasteiger partial charge on any atom is -0.479 e. The van der Waals surface area contributed by atoms with Crippen molar-refractivity contribution in [1.82, 2.24) is 0 Å². The summed E-state index contributed by atoms with van der Waals surface area (Å²) in [5, 5.41) is 7.35. The van der Waals surface area contributed by atoms with E-state index in [-0.39, 0.29) is 27.3 Å². The molecule has 0 saturated heterocycles. The molecule has 0 bridgehead atoms. The molecule has 6 heavy (non-hydrogen) atoms. The summed E-state index contributed by atoms with van der Waals surface area (Å²) in [6, 6.07) is 0. The largest absolute Gasteiger partial charge is 0.479 e. The van der Waals surface area contributed by atoms with Gasteiger partial charge in [0.15, 0.2) is 6.67 Å². The van der Waals surface area contributed by atoms with Gasteiger partial charge >= 0.3 is 5.97 Å². The van der Waals surface area contributed by atoms with Crippen LogP contribution in [0.4, 0.5) is 4.39 Å². The Morgan fingerprint density at radius 1 is 1.83 bits per heavy atom. The topological polar surface area (TPSA) is 37.3 Å². The van der Waals surface area contributed by atoms with Gasteiger partial charge in [-0.3, -0.25) is 0 Å². The molecule has 0 aromatic heterocycles. The van der Waals surface area contributed by atoms with E-state index in [2.05, 4.69) is 0 Å². The molecular formula is C2H3CdFO2. The summed E-state index contributed by atoms with van der Waals surface area (Å²) in [5.41, 5.74) is 0. The maximum atomic E-state index is 10.5. The summed E-state index contributed by atoms with van der Waals surface area (Å²) in [4.78, 5) is 8.99. The number of carboxylic acid groups (broad SMARTS) is 1. The van der Waals surface area contributed by atoms with Crippen LogP contribution < -0.4 is 0 Å². The summed E-state index contributed by atoms with van der Waals surface area (Å²) < 4.78 is 10.5. The molecule has 32 valence electrons. The molecule has 0 radical (unpaired) electrons. The third-order valence-corrected chi connectivity index (χ3v) is 0.114. The predicted octanol–water partition coefficient (Wildman–Crippen LogP) is 0.0380. The molecule has 0 amide bonds. The van der Waals surface area contributed by atoms with Crippen molar-refractivity contribution in [1.29, 1.82) is 0 Å². The van der Waals surface area contributed by atoms with Crippen LogP contribution in [0.15, 0.2) is 0 Å². The summed E-state index contributed by atoms with van der Waals surface area (Å²) >= 11 is 0. The van der Waals surface area contributed by atoms with Crippen LogP contribution in [0.2, 0.25) is 0 Å². The molecule has 0 aliphatic heterocycles. The molecule has 2 nitrogen and oxygen atoms in total. The van der Waals surface area contributed by atoms with Crippen molar-refractivity contribution in [3.05, 3.63) is 0 Å². The smallest absolute Gasteiger partial charge is 0.335 e. The first kappa shape index (κ1) is 9.59. The maximum absolute atomic E-state index is 10.5. The summed E-state index contributed by atoms with van der Waals surface area (Å²) in [7, 11) is 0. The minimum atomic E-state index is -1.41. The Morgan fingerprint density at radius 2 is 2.00 bits per heavy atom. The number of aliphatic carboxylic acids is 1. The van der Waals surface area contributed by atoms with Gasteiger partial charge in [0, 0.05) is 27.3 Å². The van der Waals surface area contributed by atoms with Gasteiger partial charge in [0.25, 0.3) is 0 Å². The number of hydrogen-bond donors (Lipinski definition) is 1. The Hall–Kier alpha value is 0.322. The molecule has 0 fully saturated rings. The molecule has 1 N–H and O–H groups in total. The van der Waals surface area contributed by atoms with Crippen LogP contribution in [0.25, 0.3) is 0 Å². The first-order valence-electron chi connectivity index (χ1n) is 1.05. The maximum Gasteiger partial charge on any atom is 0.335 e. The third-order valence-electron chi connectivity index (χ3n) is 0.114. The average Bonchev–Trinajstić information content (AvgIpc) is 1.38. The molecule has 0 aromatic carbocycles. The molecule has 0 saturated carbocycles. The van der Waals surface area contributed by atoms with E-state index in [1.54, 1.807) is 0 Å². The van der Waals surface area contributed by atoms with Gasteiger partial charge in [-0.2, -0.15) is 0 Å². The molecular weight excluding hydrogens is 187 g/mol. The second-order valence-electron chi connectivity index (χ2n) is 0.527. The Labute approximate surface area is 54.5 Å². The van der Waals surface area contributed by atoms with E-state index in [9.17, 15) is 4.39 Å². The summed E-state index contributed by atoms with van der Waals surface area (Å²) in [6.07, 6.45) is 0. The number of alkyl halides is 1. The van der Waals surface area contributed by atoms with Gasteiger partial charge < -0.3 is 5.11 Å². The summed E-state index contributed by atoms with van der Waals surface area (Å²) in [5.74, 6) is -1.41. The Morgan fingerprint density at radius 3 is 2.00 bits per heavy atom. The number of rotatable bonds is 1. The Bertz CT molecular complexity index is 46.8. The molecule has 0 heterocycles. The van der Waals surface area contributed by atoms with Crippen LogP contribution in [0.5, 0.6) is 0 Å². The van der Waals surface area contributed by atoms with Gasteiger partial charge in [0.1, 0.15) is 0 Å².